The summed E-state index contributed by atoms with van der Waals surface area (Å²) in [5, 5.41) is 0.295. The van der Waals surface area contributed by atoms with Crippen LogP contribution in [0.4, 0.5) is 0 Å². The Morgan fingerprint density at radius 2 is 1.78 bits per heavy atom. The standard InChI is InChI=1S/C15H26O2Si/c1-16-18(17-2,14-6-4-3-5-7-14)15-10-8-13(12-15)9-11-15/h8,10,13-14H,3-7,9,11-12H2,1-2H3. The van der Waals surface area contributed by atoms with Crippen molar-refractivity contribution >= 4 is 8.56 Å². The molecule has 0 spiro atoms. The van der Waals surface area contributed by atoms with E-state index >= 15 is 0 Å². The average Bonchev–Trinajstić information content (AvgIpc) is 3.04. The highest BCUT2D eigenvalue weighted by molar-refractivity contribution is 6.73. The van der Waals surface area contributed by atoms with Gasteiger partial charge in [0, 0.05) is 24.8 Å². The van der Waals surface area contributed by atoms with Crippen molar-refractivity contribution in [1.82, 2.24) is 0 Å². The molecule has 2 fully saturated rings. The van der Waals surface area contributed by atoms with Gasteiger partial charge >= 0.3 is 8.56 Å². The molecular weight excluding hydrogens is 240 g/mol. The minimum absolute atomic E-state index is 0.295. The molecule has 0 aromatic heterocycles. The number of hydrogen-bond donors (Lipinski definition) is 0. The van der Waals surface area contributed by atoms with Crippen LogP contribution in [0.2, 0.25) is 10.6 Å². The zero-order chi connectivity index (χ0) is 12.6. The van der Waals surface area contributed by atoms with Crippen LogP contribution < -0.4 is 0 Å². The van der Waals surface area contributed by atoms with Gasteiger partial charge in [-0.2, -0.15) is 0 Å². The largest absolute Gasteiger partial charge is 0.397 e. The third-order valence-corrected chi connectivity index (χ3v) is 10.6. The summed E-state index contributed by atoms with van der Waals surface area (Å²) < 4.78 is 12.4. The maximum Gasteiger partial charge on any atom is 0.351 e. The van der Waals surface area contributed by atoms with Gasteiger partial charge in [0.1, 0.15) is 0 Å². The minimum atomic E-state index is -2.10. The van der Waals surface area contributed by atoms with Crippen LogP contribution >= 0.6 is 0 Å². The molecule has 0 radical (unpaired) electrons. The molecule has 3 aliphatic rings. The van der Waals surface area contributed by atoms with E-state index in [0.717, 1.165) is 5.92 Å². The van der Waals surface area contributed by atoms with E-state index in [2.05, 4.69) is 12.2 Å². The van der Waals surface area contributed by atoms with Crippen molar-refractivity contribution in [2.45, 2.75) is 61.9 Å². The molecule has 0 amide bonds. The second-order valence-corrected chi connectivity index (χ2v) is 10.4. The van der Waals surface area contributed by atoms with Gasteiger partial charge in [0.2, 0.25) is 0 Å². The summed E-state index contributed by atoms with van der Waals surface area (Å²) in [4.78, 5) is 0. The Morgan fingerprint density at radius 3 is 2.22 bits per heavy atom. The first kappa shape index (κ1) is 12.9. The Balaban J connectivity index is 1.92. The van der Waals surface area contributed by atoms with Crippen LogP contribution in [0.25, 0.3) is 0 Å². The molecule has 102 valence electrons. The SMILES string of the molecule is CO[Si](OC)(C1CCCCC1)C12C=CC(CC1)C2. The minimum Gasteiger partial charge on any atom is -0.397 e. The number of allylic oxidation sites excluding steroid dienone is 2. The highest BCUT2D eigenvalue weighted by Crippen LogP contribution is 2.64. The summed E-state index contributed by atoms with van der Waals surface area (Å²) >= 11 is 0. The fraction of sp³-hybridized carbons (Fsp3) is 0.867. The Hall–Kier alpha value is -0.123. The highest BCUT2D eigenvalue weighted by atomic mass is 28.4. The molecule has 2 bridgehead atoms. The lowest BCUT2D eigenvalue weighted by molar-refractivity contribution is 0.190. The Kier molecular flexibility index (Phi) is 3.41. The summed E-state index contributed by atoms with van der Waals surface area (Å²) in [5.41, 5.74) is 0.711. The smallest absolute Gasteiger partial charge is 0.351 e. The van der Waals surface area contributed by atoms with Gasteiger partial charge in [-0.15, -0.1) is 0 Å². The summed E-state index contributed by atoms with van der Waals surface area (Å²) in [7, 11) is 1.73. The van der Waals surface area contributed by atoms with E-state index in [-0.39, 0.29) is 0 Å². The predicted molar refractivity (Wildman–Crippen MR) is 75.8 cm³/mol. The van der Waals surface area contributed by atoms with E-state index in [1.807, 2.05) is 14.2 Å². The van der Waals surface area contributed by atoms with Crippen LogP contribution in [0.5, 0.6) is 0 Å². The molecule has 0 aromatic carbocycles. The van der Waals surface area contributed by atoms with Gasteiger partial charge in [-0.3, -0.25) is 0 Å². The maximum absolute atomic E-state index is 6.20. The van der Waals surface area contributed by atoms with Crippen molar-refractivity contribution in [3.8, 4) is 0 Å². The monoisotopic (exact) mass is 266 g/mol. The Morgan fingerprint density at radius 1 is 1.06 bits per heavy atom. The van der Waals surface area contributed by atoms with Crippen LogP contribution in [-0.4, -0.2) is 22.8 Å². The Labute approximate surface area is 112 Å². The van der Waals surface area contributed by atoms with Gasteiger partial charge in [0.25, 0.3) is 0 Å². The van der Waals surface area contributed by atoms with Crippen molar-refractivity contribution < 1.29 is 8.85 Å². The van der Waals surface area contributed by atoms with E-state index in [1.165, 1.54) is 51.4 Å². The van der Waals surface area contributed by atoms with Gasteiger partial charge in [0.15, 0.2) is 0 Å². The van der Waals surface area contributed by atoms with E-state index in [9.17, 15) is 0 Å². The van der Waals surface area contributed by atoms with E-state index in [1.54, 1.807) is 0 Å². The van der Waals surface area contributed by atoms with Crippen molar-refractivity contribution in [2.24, 2.45) is 5.92 Å². The third kappa shape index (κ3) is 1.67. The molecule has 0 saturated heterocycles. The van der Waals surface area contributed by atoms with Gasteiger partial charge in [0.05, 0.1) is 0 Å². The van der Waals surface area contributed by atoms with Crippen molar-refractivity contribution in [2.75, 3.05) is 14.2 Å². The molecule has 0 aliphatic heterocycles. The Bertz CT molecular complexity index is 331. The highest BCUT2D eigenvalue weighted by Gasteiger charge is 2.63. The zero-order valence-electron chi connectivity index (χ0n) is 11.8. The van der Waals surface area contributed by atoms with Gasteiger partial charge in [-0.1, -0.05) is 31.4 Å². The normalized spacial score (nSPS) is 36.4. The van der Waals surface area contributed by atoms with Crippen molar-refractivity contribution in [3.63, 3.8) is 0 Å². The van der Waals surface area contributed by atoms with Crippen molar-refractivity contribution in [3.05, 3.63) is 12.2 Å². The summed E-state index contributed by atoms with van der Waals surface area (Å²) in [6, 6.07) is 0. The molecule has 0 aromatic rings. The summed E-state index contributed by atoms with van der Waals surface area (Å²) in [6.45, 7) is 0. The van der Waals surface area contributed by atoms with Crippen LogP contribution in [-0.2, 0) is 8.85 Å². The first-order chi connectivity index (χ1) is 8.76. The second-order valence-electron chi connectivity index (χ2n) is 6.43. The van der Waals surface area contributed by atoms with E-state index in [4.69, 9.17) is 8.85 Å². The van der Waals surface area contributed by atoms with Gasteiger partial charge in [-0.05, 0) is 38.0 Å². The summed E-state index contributed by atoms with van der Waals surface area (Å²) in [6.07, 6.45) is 15.7. The molecule has 2 nitrogen and oxygen atoms in total. The lowest BCUT2D eigenvalue weighted by Crippen LogP contribution is -2.54. The fourth-order valence-corrected chi connectivity index (χ4v) is 9.89. The topological polar surface area (TPSA) is 18.5 Å². The van der Waals surface area contributed by atoms with E-state index < -0.39 is 8.56 Å². The molecule has 0 heterocycles. The quantitative estimate of drug-likeness (QED) is 0.562. The third-order valence-electron chi connectivity index (χ3n) is 5.72. The first-order valence-corrected chi connectivity index (χ1v) is 9.45. The van der Waals surface area contributed by atoms with Gasteiger partial charge in [-0.25, -0.2) is 0 Å². The summed E-state index contributed by atoms with van der Waals surface area (Å²) in [5.74, 6) is 0.811. The van der Waals surface area contributed by atoms with E-state index in [0.29, 0.717) is 10.6 Å². The molecule has 3 aliphatic carbocycles. The maximum atomic E-state index is 6.20. The fourth-order valence-electron chi connectivity index (χ4n) is 4.90. The molecule has 18 heavy (non-hydrogen) atoms. The van der Waals surface area contributed by atoms with Crippen LogP contribution in [0.3, 0.4) is 0 Å². The molecule has 2 atom stereocenters. The molecule has 2 saturated carbocycles. The molecule has 0 N–H and O–H groups in total. The molecule has 2 unspecified atom stereocenters. The predicted octanol–water partition coefficient (Wildman–Crippen LogP) is 4.17. The molecule has 3 rings (SSSR count). The van der Waals surface area contributed by atoms with Crippen LogP contribution in [0.1, 0.15) is 51.4 Å². The lowest BCUT2D eigenvalue weighted by atomic mass is 10.00. The molecular formula is C15H26O2Si. The molecule has 3 heteroatoms. The second kappa shape index (κ2) is 4.77. The van der Waals surface area contributed by atoms with Crippen LogP contribution in [0.15, 0.2) is 12.2 Å². The number of hydrogen-bond acceptors (Lipinski definition) is 2. The lowest BCUT2D eigenvalue weighted by Gasteiger charge is -2.47. The van der Waals surface area contributed by atoms with Crippen LogP contribution in [0, 0.1) is 5.92 Å². The number of rotatable bonds is 4. The number of fused-ring (bicyclic) bond motifs is 2. The van der Waals surface area contributed by atoms with Crippen molar-refractivity contribution in [1.29, 1.82) is 0 Å². The average molecular weight is 266 g/mol. The van der Waals surface area contributed by atoms with Gasteiger partial charge < -0.3 is 8.85 Å². The first-order valence-electron chi connectivity index (χ1n) is 7.56. The zero-order valence-corrected chi connectivity index (χ0v) is 12.8.